The minimum atomic E-state index is -1.02. The van der Waals surface area contributed by atoms with Crippen LogP contribution in [0.5, 0.6) is 0 Å². The molecule has 0 amide bonds. The summed E-state index contributed by atoms with van der Waals surface area (Å²) >= 11 is 0. The normalized spacial score (nSPS) is 45.6. The number of carbonyl (C=O) groups is 3. The number of carbonyl (C=O) groups excluding carboxylic acids is 3. The third-order valence-corrected chi connectivity index (χ3v) is 6.90. The Morgan fingerprint density at radius 1 is 1.35 bits per heavy atom. The van der Waals surface area contributed by atoms with Gasteiger partial charge in [0.15, 0.2) is 0 Å². The smallest absolute Gasteiger partial charge is 0.333 e. The van der Waals surface area contributed by atoms with Gasteiger partial charge in [0, 0.05) is 23.8 Å². The zero-order valence-corrected chi connectivity index (χ0v) is 16.0. The molecular formula is C20H28O6. The largest absolute Gasteiger partial charge is 0.462 e. The van der Waals surface area contributed by atoms with Crippen molar-refractivity contribution in [1.29, 1.82) is 0 Å². The molecule has 8 unspecified atom stereocenters. The van der Waals surface area contributed by atoms with E-state index in [4.69, 9.17) is 9.47 Å². The molecule has 0 radical (unpaired) electrons. The summed E-state index contributed by atoms with van der Waals surface area (Å²) in [5.74, 6) is -2.12. The Kier molecular flexibility index (Phi) is 4.76. The van der Waals surface area contributed by atoms with Crippen molar-refractivity contribution in [2.45, 2.75) is 65.8 Å². The summed E-state index contributed by atoms with van der Waals surface area (Å²) in [5, 5.41) is 10.6. The molecule has 3 aliphatic rings. The second-order valence-electron chi connectivity index (χ2n) is 8.36. The van der Waals surface area contributed by atoms with Gasteiger partial charge in [-0.15, -0.1) is 0 Å². The van der Waals surface area contributed by atoms with Crippen LogP contribution in [0.25, 0.3) is 0 Å². The van der Waals surface area contributed by atoms with Crippen LogP contribution < -0.4 is 0 Å². The number of ether oxygens (including phenoxy) is 2. The van der Waals surface area contributed by atoms with Gasteiger partial charge < -0.3 is 14.6 Å². The van der Waals surface area contributed by atoms with Crippen LogP contribution in [0, 0.1) is 29.1 Å². The first kappa shape index (κ1) is 19.1. The Balaban J connectivity index is 2.10. The van der Waals surface area contributed by atoms with Crippen LogP contribution in [-0.4, -0.2) is 41.1 Å². The van der Waals surface area contributed by atoms with Gasteiger partial charge in [0.05, 0.1) is 17.4 Å². The van der Waals surface area contributed by atoms with Gasteiger partial charge in [0.1, 0.15) is 18.0 Å². The van der Waals surface area contributed by atoms with E-state index in [2.05, 4.69) is 0 Å². The molecule has 1 heterocycles. The van der Waals surface area contributed by atoms with Crippen LogP contribution in [0.2, 0.25) is 0 Å². The lowest BCUT2D eigenvalue weighted by molar-refractivity contribution is -0.165. The fraction of sp³-hybridized carbons (Fsp3) is 0.750. The molecule has 1 N–H and O–H groups in total. The van der Waals surface area contributed by atoms with Gasteiger partial charge in [-0.25, -0.2) is 4.79 Å². The van der Waals surface area contributed by atoms with Crippen LogP contribution in [0.15, 0.2) is 11.6 Å². The number of hydrogen-bond acceptors (Lipinski definition) is 6. The summed E-state index contributed by atoms with van der Waals surface area (Å²) in [4.78, 5) is 37.7. The predicted octanol–water partition coefficient (Wildman–Crippen LogP) is 2.04. The van der Waals surface area contributed by atoms with E-state index in [1.807, 2.05) is 6.92 Å². The van der Waals surface area contributed by atoms with Crippen LogP contribution in [0.4, 0.5) is 0 Å². The zero-order chi connectivity index (χ0) is 19.4. The molecule has 1 saturated heterocycles. The highest BCUT2D eigenvalue weighted by atomic mass is 16.6. The first-order valence-electron chi connectivity index (χ1n) is 9.38. The van der Waals surface area contributed by atoms with Gasteiger partial charge in [-0.2, -0.15) is 0 Å². The van der Waals surface area contributed by atoms with E-state index in [9.17, 15) is 19.5 Å². The number of allylic oxidation sites excluding steroid dienone is 1. The van der Waals surface area contributed by atoms with Gasteiger partial charge in [-0.3, -0.25) is 9.59 Å². The van der Waals surface area contributed by atoms with Gasteiger partial charge in [-0.05, 0) is 33.1 Å². The van der Waals surface area contributed by atoms with Gasteiger partial charge in [0.25, 0.3) is 0 Å². The van der Waals surface area contributed by atoms with Crippen LogP contribution in [-0.2, 0) is 23.9 Å². The molecule has 6 nitrogen and oxygen atoms in total. The van der Waals surface area contributed by atoms with Crippen molar-refractivity contribution in [3.05, 3.63) is 11.6 Å². The lowest BCUT2D eigenvalue weighted by Crippen LogP contribution is -2.51. The number of aliphatic hydroxyl groups excluding tert-OH is 1. The number of ketones is 1. The standard InChI is InChI=1S/C20H28O6/c1-6-9(2)18(23)26-17-15-11(4)19(24)25-13(15)7-10(3)16-12(21)8-14(22)20(16,17)5/h6,10-13,15-17,21H,7-8H2,1-5H3/b9-6-. The van der Waals surface area contributed by atoms with E-state index in [-0.39, 0.29) is 35.9 Å². The Morgan fingerprint density at radius 2 is 2.00 bits per heavy atom. The second-order valence-corrected chi connectivity index (χ2v) is 8.36. The van der Waals surface area contributed by atoms with E-state index in [0.29, 0.717) is 12.0 Å². The minimum Gasteiger partial charge on any atom is -0.462 e. The monoisotopic (exact) mass is 364 g/mol. The van der Waals surface area contributed by atoms with E-state index in [1.54, 1.807) is 33.8 Å². The average Bonchev–Trinajstić information content (AvgIpc) is 2.94. The van der Waals surface area contributed by atoms with Crippen LogP contribution in [0.3, 0.4) is 0 Å². The first-order chi connectivity index (χ1) is 12.1. The Bertz CT molecular complexity index is 667. The molecule has 144 valence electrons. The highest BCUT2D eigenvalue weighted by molar-refractivity contribution is 5.91. The lowest BCUT2D eigenvalue weighted by Gasteiger charge is -2.40. The number of esters is 2. The molecule has 2 aliphatic carbocycles. The van der Waals surface area contributed by atoms with Crippen molar-refractivity contribution in [2.24, 2.45) is 29.1 Å². The molecule has 0 aromatic rings. The van der Waals surface area contributed by atoms with Crippen molar-refractivity contribution < 1.29 is 29.0 Å². The maximum Gasteiger partial charge on any atom is 0.333 e. The number of Topliss-reactive ketones (excluding diaryl/α,β-unsaturated/α-hetero) is 1. The third-order valence-electron chi connectivity index (χ3n) is 6.90. The number of aliphatic hydroxyl groups is 1. The Morgan fingerprint density at radius 3 is 2.62 bits per heavy atom. The maximum absolute atomic E-state index is 13.0. The molecule has 2 saturated carbocycles. The Labute approximate surface area is 153 Å². The summed E-state index contributed by atoms with van der Waals surface area (Å²) in [5.41, 5.74) is -0.577. The fourth-order valence-corrected chi connectivity index (χ4v) is 5.36. The predicted molar refractivity (Wildman–Crippen MR) is 92.9 cm³/mol. The molecule has 0 aromatic carbocycles. The minimum absolute atomic E-state index is 0.0291. The fourth-order valence-electron chi connectivity index (χ4n) is 5.36. The number of hydrogen-bond donors (Lipinski definition) is 1. The van der Waals surface area contributed by atoms with E-state index >= 15 is 0 Å². The molecule has 1 aliphatic heterocycles. The molecule has 3 rings (SSSR count). The topological polar surface area (TPSA) is 89.9 Å². The average molecular weight is 364 g/mol. The quantitative estimate of drug-likeness (QED) is 0.596. The maximum atomic E-state index is 13.0. The van der Waals surface area contributed by atoms with Gasteiger partial charge in [0.2, 0.25) is 0 Å². The van der Waals surface area contributed by atoms with E-state index < -0.39 is 35.6 Å². The molecule has 0 bridgehead atoms. The molecule has 0 spiro atoms. The van der Waals surface area contributed by atoms with E-state index in [0.717, 1.165) is 0 Å². The SMILES string of the molecule is C/C=C(/C)C(=O)OC1C2C(CC(C)C3C(O)CC(=O)C13C)OC(=O)C2C. The molecule has 26 heavy (non-hydrogen) atoms. The van der Waals surface area contributed by atoms with E-state index in [1.165, 1.54) is 0 Å². The number of rotatable bonds is 2. The summed E-state index contributed by atoms with van der Waals surface area (Å²) in [6, 6.07) is 0. The second kappa shape index (κ2) is 6.48. The summed E-state index contributed by atoms with van der Waals surface area (Å²) in [6.07, 6.45) is 0.306. The van der Waals surface area contributed by atoms with Crippen molar-refractivity contribution in [2.75, 3.05) is 0 Å². The van der Waals surface area contributed by atoms with Crippen LogP contribution >= 0.6 is 0 Å². The van der Waals surface area contributed by atoms with Crippen molar-refractivity contribution in [3.63, 3.8) is 0 Å². The molecular weight excluding hydrogens is 336 g/mol. The van der Waals surface area contributed by atoms with Crippen molar-refractivity contribution in [1.82, 2.24) is 0 Å². The first-order valence-corrected chi connectivity index (χ1v) is 9.38. The zero-order valence-electron chi connectivity index (χ0n) is 16.0. The van der Waals surface area contributed by atoms with Crippen LogP contribution in [0.1, 0.15) is 47.5 Å². The summed E-state index contributed by atoms with van der Waals surface area (Å²) in [6.45, 7) is 8.92. The highest BCUT2D eigenvalue weighted by Gasteiger charge is 2.66. The van der Waals surface area contributed by atoms with Crippen molar-refractivity contribution in [3.8, 4) is 0 Å². The lowest BCUT2D eigenvalue weighted by atomic mass is 9.66. The number of fused-ring (bicyclic) bond motifs is 2. The summed E-state index contributed by atoms with van der Waals surface area (Å²) < 4.78 is 11.4. The molecule has 3 fully saturated rings. The third kappa shape index (κ3) is 2.61. The molecule has 0 aromatic heterocycles. The molecule has 6 heteroatoms. The Hall–Kier alpha value is -1.69. The van der Waals surface area contributed by atoms with Crippen molar-refractivity contribution >= 4 is 17.7 Å². The van der Waals surface area contributed by atoms with Gasteiger partial charge >= 0.3 is 11.9 Å². The van der Waals surface area contributed by atoms with Gasteiger partial charge in [-0.1, -0.05) is 19.9 Å². The summed E-state index contributed by atoms with van der Waals surface area (Å²) in [7, 11) is 0. The highest BCUT2D eigenvalue weighted by Crippen LogP contribution is 2.56. The molecule has 8 atom stereocenters.